The SMILES string of the molecule is Cc1c(OC(=S)N(C)C)cccc1[N+](=O)[O-]. The lowest BCUT2D eigenvalue weighted by Crippen LogP contribution is -2.25. The van der Waals surface area contributed by atoms with Crippen LogP contribution in [-0.4, -0.2) is 29.1 Å². The molecule has 0 amide bonds. The van der Waals surface area contributed by atoms with Crippen molar-refractivity contribution in [1.29, 1.82) is 0 Å². The summed E-state index contributed by atoms with van der Waals surface area (Å²) in [4.78, 5) is 11.9. The van der Waals surface area contributed by atoms with Gasteiger partial charge >= 0.3 is 0 Å². The van der Waals surface area contributed by atoms with Crippen molar-refractivity contribution in [3.8, 4) is 5.75 Å². The molecule has 0 fully saturated rings. The van der Waals surface area contributed by atoms with Crippen LogP contribution >= 0.6 is 12.2 Å². The number of thiocarbonyl (C=S) groups is 1. The van der Waals surface area contributed by atoms with Crippen molar-refractivity contribution in [3.05, 3.63) is 33.9 Å². The van der Waals surface area contributed by atoms with E-state index in [1.165, 1.54) is 6.07 Å². The summed E-state index contributed by atoms with van der Waals surface area (Å²) in [5.74, 6) is 0.410. The third kappa shape index (κ3) is 2.66. The molecular weight excluding hydrogens is 228 g/mol. The molecule has 1 aromatic rings. The van der Waals surface area contributed by atoms with Crippen molar-refractivity contribution >= 4 is 23.1 Å². The Labute approximate surface area is 98.8 Å². The normalized spacial score (nSPS) is 9.69. The Kier molecular flexibility index (Phi) is 3.78. The molecule has 0 aliphatic carbocycles. The zero-order valence-electron chi connectivity index (χ0n) is 9.26. The Hall–Kier alpha value is -1.69. The van der Waals surface area contributed by atoms with E-state index in [0.29, 0.717) is 11.3 Å². The maximum Gasteiger partial charge on any atom is 0.276 e. The summed E-state index contributed by atoms with van der Waals surface area (Å²) in [5.41, 5.74) is 0.496. The molecular formula is C10H12N2O3S. The van der Waals surface area contributed by atoms with Crippen LogP contribution in [-0.2, 0) is 0 Å². The van der Waals surface area contributed by atoms with Gasteiger partial charge in [0, 0.05) is 20.2 Å². The highest BCUT2D eigenvalue weighted by Crippen LogP contribution is 2.27. The van der Waals surface area contributed by atoms with E-state index in [9.17, 15) is 10.1 Å². The van der Waals surface area contributed by atoms with Crippen LogP contribution in [0.5, 0.6) is 5.75 Å². The fourth-order valence-corrected chi connectivity index (χ4v) is 1.19. The number of hydrogen-bond donors (Lipinski definition) is 0. The van der Waals surface area contributed by atoms with E-state index in [-0.39, 0.29) is 10.9 Å². The molecule has 0 unspecified atom stereocenters. The van der Waals surface area contributed by atoms with Crippen molar-refractivity contribution in [3.63, 3.8) is 0 Å². The molecule has 0 bridgehead atoms. The molecule has 0 aliphatic heterocycles. The molecule has 16 heavy (non-hydrogen) atoms. The van der Waals surface area contributed by atoms with Crippen LogP contribution in [0.25, 0.3) is 0 Å². The van der Waals surface area contributed by atoms with E-state index in [2.05, 4.69) is 0 Å². The summed E-state index contributed by atoms with van der Waals surface area (Å²) >= 11 is 4.96. The summed E-state index contributed by atoms with van der Waals surface area (Å²) in [7, 11) is 3.49. The van der Waals surface area contributed by atoms with Crippen molar-refractivity contribution in [2.75, 3.05) is 14.1 Å². The third-order valence-electron chi connectivity index (χ3n) is 2.01. The quantitative estimate of drug-likeness (QED) is 0.450. The molecule has 0 N–H and O–H groups in total. The second-order valence-electron chi connectivity index (χ2n) is 3.42. The largest absolute Gasteiger partial charge is 0.431 e. The fourth-order valence-electron chi connectivity index (χ4n) is 1.10. The van der Waals surface area contributed by atoms with Gasteiger partial charge < -0.3 is 9.64 Å². The number of rotatable bonds is 2. The predicted octanol–water partition coefficient (Wildman–Crippen LogP) is 2.13. The Morgan fingerprint density at radius 3 is 2.62 bits per heavy atom. The zero-order valence-corrected chi connectivity index (χ0v) is 10.1. The summed E-state index contributed by atoms with van der Waals surface area (Å²) in [6.07, 6.45) is 0. The van der Waals surface area contributed by atoms with E-state index >= 15 is 0 Å². The summed E-state index contributed by atoms with van der Waals surface area (Å²) < 4.78 is 5.35. The fraction of sp³-hybridized carbons (Fsp3) is 0.300. The van der Waals surface area contributed by atoms with Gasteiger partial charge in [-0.2, -0.15) is 0 Å². The number of nitrogens with zero attached hydrogens (tertiary/aromatic N) is 2. The maximum absolute atomic E-state index is 10.7. The molecule has 0 spiro atoms. The number of hydrogen-bond acceptors (Lipinski definition) is 4. The van der Waals surface area contributed by atoms with Gasteiger partial charge in [0.05, 0.1) is 10.5 Å². The van der Waals surface area contributed by atoms with Crippen molar-refractivity contribution < 1.29 is 9.66 Å². The van der Waals surface area contributed by atoms with Crippen molar-refractivity contribution in [2.45, 2.75) is 6.92 Å². The van der Waals surface area contributed by atoms with Gasteiger partial charge in [0.2, 0.25) is 0 Å². The first-order valence-corrected chi connectivity index (χ1v) is 4.97. The highest BCUT2D eigenvalue weighted by molar-refractivity contribution is 7.80. The number of nitro benzene ring substituents is 1. The molecule has 0 saturated heterocycles. The molecule has 0 saturated carbocycles. The minimum Gasteiger partial charge on any atom is -0.431 e. The van der Waals surface area contributed by atoms with Gasteiger partial charge in [0.25, 0.3) is 10.9 Å². The molecule has 0 radical (unpaired) electrons. The van der Waals surface area contributed by atoms with Crippen molar-refractivity contribution in [2.24, 2.45) is 0 Å². The Bertz CT molecular complexity index is 432. The maximum atomic E-state index is 10.7. The van der Waals surface area contributed by atoms with Gasteiger partial charge in [0.15, 0.2) is 0 Å². The second kappa shape index (κ2) is 4.89. The summed E-state index contributed by atoms with van der Waals surface area (Å²) in [5, 5.41) is 11.0. The van der Waals surface area contributed by atoms with Gasteiger partial charge in [-0.15, -0.1) is 0 Å². The molecule has 0 aliphatic rings. The number of nitro groups is 1. The van der Waals surface area contributed by atoms with Crippen molar-refractivity contribution in [1.82, 2.24) is 4.90 Å². The number of ether oxygens (including phenoxy) is 1. The van der Waals surface area contributed by atoms with Crippen LogP contribution in [0, 0.1) is 17.0 Å². The molecule has 1 rings (SSSR count). The van der Waals surface area contributed by atoms with Crippen LogP contribution in [0.1, 0.15) is 5.56 Å². The second-order valence-corrected chi connectivity index (χ2v) is 3.77. The lowest BCUT2D eigenvalue weighted by molar-refractivity contribution is -0.385. The van der Waals surface area contributed by atoms with Crippen LogP contribution in [0.2, 0.25) is 0 Å². The van der Waals surface area contributed by atoms with E-state index in [1.807, 2.05) is 0 Å². The molecule has 5 nitrogen and oxygen atoms in total. The van der Waals surface area contributed by atoms with Gasteiger partial charge in [-0.1, -0.05) is 6.07 Å². The highest BCUT2D eigenvalue weighted by atomic mass is 32.1. The average molecular weight is 240 g/mol. The van der Waals surface area contributed by atoms with Crippen LogP contribution in [0.15, 0.2) is 18.2 Å². The van der Waals surface area contributed by atoms with Crippen LogP contribution in [0.4, 0.5) is 5.69 Å². The minimum atomic E-state index is -0.444. The first-order valence-electron chi connectivity index (χ1n) is 4.56. The highest BCUT2D eigenvalue weighted by Gasteiger charge is 2.15. The summed E-state index contributed by atoms with van der Waals surface area (Å²) in [6.45, 7) is 1.63. The minimum absolute atomic E-state index is 0.0269. The molecule has 0 atom stereocenters. The first kappa shape index (κ1) is 12.4. The molecule has 0 aromatic heterocycles. The van der Waals surface area contributed by atoms with Crippen LogP contribution < -0.4 is 4.74 Å². The Morgan fingerprint density at radius 2 is 2.12 bits per heavy atom. The topological polar surface area (TPSA) is 55.6 Å². The first-order chi connectivity index (χ1) is 7.43. The monoisotopic (exact) mass is 240 g/mol. The van der Waals surface area contributed by atoms with E-state index in [4.69, 9.17) is 17.0 Å². The third-order valence-corrected chi connectivity index (χ3v) is 2.46. The Morgan fingerprint density at radius 1 is 1.50 bits per heavy atom. The number of benzene rings is 1. The standard InChI is InChI=1S/C10H12N2O3S/c1-7-8(12(13)14)5-4-6-9(7)15-10(16)11(2)3/h4-6H,1-3H3. The predicted molar refractivity (Wildman–Crippen MR) is 64.7 cm³/mol. The van der Waals surface area contributed by atoms with E-state index < -0.39 is 4.92 Å². The van der Waals surface area contributed by atoms with Gasteiger partial charge in [0.1, 0.15) is 5.75 Å². The smallest absolute Gasteiger partial charge is 0.276 e. The van der Waals surface area contributed by atoms with Gasteiger partial charge in [-0.3, -0.25) is 10.1 Å². The lowest BCUT2D eigenvalue weighted by atomic mass is 10.2. The van der Waals surface area contributed by atoms with Gasteiger partial charge in [-0.25, -0.2) is 0 Å². The van der Waals surface area contributed by atoms with E-state index in [1.54, 1.807) is 38.1 Å². The molecule has 1 aromatic carbocycles. The zero-order chi connectivity index (χ0) is 12.3. The Balaban J connectivity index is 3.02. The summed E-state index contributed by atoms with van der Waals surface area (Å²) in [6, 6.07) is 4.65. The lowest BCUT2D eigenvalue weighted by Gasteiger charge is -2.15. The van der Waals surface area contributed by atoms with Gasteiger partial charge in [-0.05, 0) is 25.2 Å². The molecule has 0 heterocycles. The molecule has 86 valence electrons. The average Bonchev–Trinajstić information content (AvgIpc) is 2.20. The molecule has 6 heteroatoms. The van der Waals surface area contributed by atoms with Crippen LogP contribution in [0.3, 0.4) is 0 Å². The van der Waals surface area contributed by atoms with E-state index in [0.717, 1.165) is 0 Å².